The van der Waals surface area contributed by atoms with Crippen molar-refractivity contribution in [2.45, 2.75) is 20.3 Å². The molecule has 0 aliphatic rings. The molecule has 0 radical (unpaired) electrons. The van der Waals surface area contributed by atoms with Crippen molar-refractivity contribution in [1.29, 1.82) is 0 Å². The van der Waals surface area contributed by atoms with E-state index >= 15 is 0 Å². The Balaban J connectivity index is 3.29. The van der Waals surface area contributed by atoms with Crippen LogP contribution in [0.3, 0.4) is 0 Å². The van der Waals surface area contributed by atoms with Crippen LogP contribution in [0.2, 0.25) is 0 Å². The molecular weight excluding hydrogens is 203 g/mol. The van der Waals surface area contributed by atoms with Crippen LogP contribution in [-0.2, 0) is 0 Å². The summed E-state index contributed by atoms with van der Waals surface area (Å²) in [6, 6.07) is 0. The van der Waals surface area contributed by atoms with Crippen LogP contribution in [0.1, 0.15) is 20.3 Å². The van der Waals surface area contributed by atoms with Crippen molar-refractivity contribution in [2.75, 3.05) is 0 Å². The summed E-state index contributed by atoms with van der Waals surface area (Å²) in [6.07, 6.45) is 1.02. The molecule has 0 aliphatic heterocycles. The Bertz CT molecular complexity index is 70.1. The maximum Gasteiger partial charge on any atom is 0.0750 e. The maximum absolute atomic E-state index is 3.90. The Morgan fingerprint density at radius 2 is 2.43 bits per heavy atom. The van der Waals surface area contributed by atoms with E-state index < -0.39 is 0 Å². The fourth-order valence-corrected chi connectivity index (χ4v) is 0.563. The van der Waals surface area contributed by atoms with Crippen molar-refractivity contribution in [2.24, 2.45) is 5.10 Å². The molecule has 3 heteroatoms. The van der Waals surface area contributed by atoms with Crippen molar-refractivity contribution >= 4 is 28.6 Å². The third-order valence-corrected chi connectivity index (χ3v) is 0.986. The van der Waals surface area contributed by atoms with Crippen LogP contribution in [0.5, 0.6) is 0 Å². The average molecular weight is 212 g/mol. The second-order valence-corrected chi connectivity index (χ2v) is 1.77. The van der Waals surface area contributed by atoms with E-state index in [9.17, 15) is 0 Å². The van der Waals surface area contributed by atoms with Crippen molar-refractivity contribution in [3.05, 3.63) is 0 Å². The summed E-state index contributed by atoms with van der Waals surface area (Å²) in [5.74, 6) is 0. The van der Waals surface area contributed by atoms with Gasteiger partial charge in [0, 0.05) is 5.71 Å². The number of hydrogen-bond acceptors (Lipinski definition) is 2. The van der Waals surface area contributed by atoms with Gasteiger partial charge in [0.1, 0.15) is 0 Å². The number of halogens is 1. The van der Waals surface area contributed by atoms with Gasteiger partial charge < -0.3 is 0 Å². The minimum Gasteiger partial charge on any atom is -0.250 e. The molecule has 7 heavy (non-hydrogen) atoms. The van der Waals surface area contributed by atoms with Gasteiger partial charge in [-0.1, -0.05) is 6.92 Å². The average Bonchev–Trinajstić information content (AvgIpc) is 1.68. The predicted molar refractivity (Wildman–Crippen MR) is 40.6 cm³/mol. The summed E-state index contributed by atoms with van der Waals surface area (Å²) in [7, 11) is 0. The number of hydrogen-bond donors (Lipinski definition) is 1. The summed E-state index contributed by atoms with van der Waals surface area (Å²) in [5, 5.41) is 3.90. The van der Waals surface area contributed by atoms with Crippen molar-refractivity contribution in [3.8, 4) is 0 Å². The molecule has 0 aromatic heterocycles. The van der Waals surface area contributed by atoms with E-state index in [0.29, 0.717) is 0 Å². The van der Waals surface area contributed by atoms with Gasteiger partial charge in [-0.2, -0.15) is 5.10 Å². The van der Waals surface area contributed by atoms with Gasteiger partial charge in [-0.25, -0.2) is 3.64 Å². The molecule has 0 saturated carbocycles. The van der Waals surface area contributed by atoms with Gasteiger partial charge in [-0.15, -0.1) is 0 Å². The van der Waals surface area contributed by atoms with E-state index in [1.807, 2.05) is 29.8 Å². The Kier molecular flexibility index (Phi) is 4.49. The summed E-state index contributed by atoms with van der Waals surface area (Å²) in [4.78, 5) is 0. The molecule has 0 fully saturated rings. The third kappa shape index (κ3) is 4.04. The lowest BCUT2D eigenvalue weighted by molar-refractivity contribution is 1.11. The Morgan fingerprint density at radius 1 is 1.86 bits per heavy atom. The lowest BCUT2D eigenvalue weighted by Gasteiger charge is -1.88. The number of nitrogens with one attached hydrogen (secondary N) is 1. The second kappa shape index (κ2) is 4.36. The second-order valence-electron chi connectivity index (χ2n) is 1.29. The van der Waals surface area contributed by atoms with Crippen LogP contribution in [0.15, 0.2) is 5.10 Å². The maximum atomic E-state index is 3.90. The molecule has 0 unspecified atom stereocenters. The SMILES string of the molecule is CC/C(C)=N/NI. The first-order valence-corrected chi connectivity index (χ1v) is 3.28. The Labute approximate surface area is 57.9 Å². The summed E-state index contributed by atoms with van der Waals surface area (Å²) < 4.78 is 2.68. The highest BCUT2D eigenvalue weighted by Gasteiger charge is 1.78. The number of nitrogens with zero attached hydrogens (tertiary/aromatic N) is 1. The van der Waals surface area contributed by atoms with Gasteiger partial charge >= 0.3 is 0 Å². The predicted octanol–water partition coefficient (Wildman–Crippen LogP) is 1.71. The molecule has 2 nitrogen and oxygen atoms in total. The van der Waals surface area contributed by atoms with E-state index in [1.165, 1.54) is 0 Å². The van der Waals surface area contributed by atoms with Gasteiger partial charge in [0.05, 0.1) is 22.9 Å². The first-order chi connectivity index (χ1) is 3.31. The van der Waals surface area contributed by atoms with Gasteiger partial charge in [0.15, 0.2) is 0 Å². The zero-order chi connectivity index (χ0) is 5.70. The molecule has 1 N–H and O–H groups in total. The van der Waals surface area contributed by atoms with E-state index in [1.54, 1.807) is 0 Å². The minimum atomic E-state index is 1.02. The standard InChI is InChI=1S/C4H9IN2/c1-3-4(2)6-7-5/h7H,3H2,1-2H3/b6-4+. The highest BCUT2D eigenvalue weighted by molar-refractivity contribution is 14.1. The smallest absolute Gasteiger partial charge is 0.0750 e. The fourth-order valence-electron chi connectivity index (χ4n) is 0.151. The molecule has 0 aromatic rings. The molecule has 0 saturated heterocycles. The molecule has 42 valence electrons. The summed E-state index contributed by atoms with van der Waals surface area (Å²) >= 11 is 1.99. The van der Waals surface area contributed by atoms with Crippen LogP contribution in [0.25, 0.3) is 0 Å². The van der Waals surface area contributed by atoms with Gasteiger partial charge in [0.25, 0.3) is 0 Å². The van der Waals surface area contributed by atoms with Crippen molar-refractivity contribution < 1.29 is 0 Å². The minimum absolute atomic E-state index is 1.02. The zero-order valence-electron chi connectivity index (χ0n) is 4.53. The van der Waals surface area contributed by atoms with Gasteiger partial charge in [0.2, 0.25) is 0 Å². The molecule has 0 spiro atoms. The normalized spacial score (nSPS) is 11.6. The quantitative estimate of drug-likeness (QED) is 0.320. The largest absolute Gasteiger partial charge is 0.250 e. The van der Waals surface area contributed by atoms with Crippen LogP contribution in [-0.4, -0.2) is 5.71 Å². The highest BCUT2D eigenvalue weighted by atomic mass is 127. The summed E-state index contributed by atoms with van der Waals surface area (Å²) in [6.45, 7) is 4.07. The van der Waals surface area contributed by atoms with Crippen LogP contribution >= 0.6 is 22.9 Å². The molecule has 0 amide bonds. The number of rotatable bonds is 2. The summed E-state index contributed by atoms with van der Waals surface area (Å²) in [5.41, 5.74) is 1.13. The molecule has 0 bridgehead atoms. The highest BCUT2D eigenvalue weighted by Crippen LogP contribution is 1.81. The van der Waals surface area contributed by atoms with E-state index in [-0.39, 0.29) is 0 Å². The van der Waals surface area contributed by atoms with Crippen LogP contribution in [0, 0.1) is 0 Å². The molecule has 0 rings (SSSR count). The Morgan fingerprint density at radius 3 is 2.57 bits per heavy atom. The first kappa shape index (κ1) is 7.20. The van der Waals surface area contributed by atoms with Crippen LogP contribution < -0.4 is 3.64 Å². The monoisotopic (exact) mass is 212 g/mol. The van der Waals surface area contributed by atoms with E-state index in [0.717, 1.165) is 12.1 Å². The van der Waals surface area contributed by atoms with Gasteiger partial charge in [-0.05, 0) is 13.3 Å². The molecule has 0 aliphatic carbocycles. The van der Waals surface area contributed by atoms with Crippen LogP contribution in [0.4, 0.5) is 0 Å². The molecule has 0 heterocycles. The molecular formula is C4H9IN2. The topological polar surface area (TPSA) is 24.4 Å². The van der Waals surface area contributed by atoms with E-state index in [2.05, 4.69) is 15.7 Å². The molecule has 0 atom stereocenters. The zero-order valence-corrected chi connectivity index (χ0v) is 6.69. The van der Waals surface area contributed by atoms with Crippen molar-refractivity contribution in [1.82, 2.24) is 3.64 Å². The van der Waals surface area contributed by atoms with Crippen molar-refractivity contribution in [3.63, 3.8) is 0 Å². The molecule has 0 aromatic carbocycles. The Hall–Kier alpha value is 0.200. The lowest BCUT2D eigenvalue weighted by Crippen LogP contribution is -1.92. The van der Waals surface area contributed by atoms with E-state index in [4.69, 9.17) is 0 Å². The van der Waals surface area contributed by atoms with Gasteiger partial charge in [-0.3, -0.25) is 0 Å². The first-order valence-electron chi connectivity index (χ1n) is 2.20. The fraction of sp³-hybridized carbons (Fsp3) is 0.750. The third-order valence-electron chi connectivity index (χ3n) is 0.745. The lowest BCUT2D eigenvalue weighted by atomic mass is 10.3. The number of hydrazone groups is 1.